The van der Waals surface area contributed by atoms with Crippen LogP contribution < -0.4 is 4.90 Å². The number of aryl methyl sites for hydroxylation is 1. The molecule has 3 aromatic carbocycles. The molecule has 6 heteroatoms. The molecule has 1 aliphatic heterocycles. The van der Waals surface area contributed by atoms with Gasteiger partial charge in [-0.15, -0.1) is 0 Å². The summed E-state index contributed by atoms with van der Waals surface area (Å²) in [6, 6.07) is 31.7. The standard InChI is InChI=1S/C30H26ClN5/c1-21-19-28(36-27-10-6-5-9-26(27)33-30(36)25(21)20-32)34-15-17-35(18-16-34)29(22-7-3-2-4-8-22)23-11-13-24(31)14-12-23/h2-14,19,29H,15-18H2,1H3/t29-/m1/s1. The summed E-state index contributed by atoms with van der Waals surface area (Å²) < 4.78 is 2.16. The summed E-state index contributed by atoms with van der Waals surface area (Å²) in [5, 5.41) is 10.6. The van der Waals surface area contributed by atoms with Gasteiger partial charge < -0.3 is 4.90 Å². The first kappa shape index (κ1) is 22.6. The molecule has 5 nitrogen and oxygen atoms in total. The van der Waals surface area contributed by atoms with Crippen molar-refractivity contribution in [2.45, 2.75) is 13.0 Å². The van der Waals surface area contributed by atoms with Crippen LogP contribution in [-0.4, -0.2) is 40.5 Å². The predicted molar refractivity (Wildman–Crippen MR) is 146 cm³/mol. The molecule has 0 radical (unpaired) electrons. The molecule has 0 saturated carbocycles. The average Bonchev–Trinajstić information content (AvgIpc) is 3.30. The van der Waals surface area contributed by atoms with Gasteiger partial charge >= 0.3 is 0 Å². The van der Waals surface area contributed by atoms with Gasteiger partial charge in [0.2, 0.25) is 0 Å². The molecule has 0 spiro atoms. The van der Waals surface area contributed by atoms with Gasteiger partial charge in [-0.2, -0.15) is 5.26 Å². The smallest absolute Gasteiger partial charge is 0.157 e. The van der Waals surface area contributed by atoms with Gasteiger partial charge in [0, 0.05) is 31.2 Å². The quantitative estimate of drug-likeness (QED) is 0.299. The van der Waals surface area contributed by atoms with E-state index in [1.165, 1.54) is 11.1 Å². The fourth-order valence-electron chi connectivity index (χ4n) is 5.41. The summed E-state index contributed by atoms with van der Waals surface area (Å²) in [6.45, 7) is 5.59. The van der Waals surface area contributed by atoms with E-state index in [2.05, 4.69) is 74.9 Å². The third-order valence-corrected chi connectivity index (χ3v) is 7.42. The molecule has 1 aliphatic rings. The maximum absolute atomic E-state index is 9.84. The predicted octanol–water partition coefficient (Wildman–Crippen LogP) is 6.23. The lowest BCUT2D eigenvalue weighted by atomic mass is 9.96. The first-order valence-corrected chi connectivity index (χ1v) is 12.6. The average molecular weight is 492 g/mol. The molecule has 1 atom stereocenters. The van der Waals surface area contributed by atoms with Crippen LogP contribution in [0.4, 0.5) is 5.82 Å². The summed E-state index contributed by atoms with van der Waals surface area (Å²) in [7, 11) is 0. The number of aromatic nitrogens is 2. The van der Waals surface area contributed by atoms with Crippen molar-refractivity contribution in [2.75, 3.05) is 31.1 Å². The number of rotatable bonds is 4. The first-order valence-electron chi connectivity index (χ1n) is 12.2. The van der Waals surface area contributed by atoms with E-state index in [4.69, 9.17) is 16.6 Å². The molecular weight excluding hydrogens is 466 g/mol. The maximum atomic E-state index is 9.84. The Kier molecular flexibility index (Phi) is 5.85. The molecule has 3 heterocycles. The fraction of sp³-hybridized carbons (Fsp3) is 0.200. The Morgan fingerprint density at radius 2 is 1.53 bits per heavy atom. The molecule has 36 heavy (non-hydrogen) atoms. The molecule has 0 amide bonds. The van der Waals surface area contributed by atoms with Crippen LogP contribution in [0.15, 0.2) is 84.9 Å². The summed E-state index contributed by atoms with van der Waals surface area (Å²) in [5.74, 6) is 1.10. The van der Waals surface area contributed by atoms with E-state index in [0.29, 0.717) is 5.56 Å². The Hall–Kier alpha value is -3.85. The van der Waals surface area contributed by atoms with Crippen LogP contribution in [0.25, 0.3) is 16.7 Å². The SMILES string of the molecule is Cc1cc(N2CCN([C@H](c3ccccc3)c3ccc(Cl)cc3)CC2)n2c(nc3ccccc32)c1C#N. The number of benzene rings is 3. The maximum Gasteiger partial charge on any atom is 0.157 e. The van der Waals surface area contributed by atoms with Crippen molar-refractivity contribution in [3.05, 3.63) is 112 Å². The van der Waals surface area contributed by atoms with Crippen LogP contribution in [0.3, 0.4) is 0 Å². The summed E-state index contributed by atoms with van der Waals surface area (Å²) in [4.78, 5) is 9.80. The van der Waals surface area contributed by atoms with E-state index >= 15 is 0 Å². The third-order valence-electron chi connectivity index (χ3n) is 7.17. The molecule has 0 unspecified atom stereocenters. The number of nitrogens with zero attached hydrogens (tertiary/aromatic N) is 5. The molecule has 2 aromatic heterocycles. The number of pyridine rings is 1. The zero-order valence-electron chi connectivity index (χ0n) is 20.1. The molecule has 5 aromatic rings. The van der Waals surface area contributed by atoms with Gasteiger partial charge in [-0.05, 0) is 53.9 Å². The minimum atomic E-state index is 0.169. The van der Waals surface area contributed by atoms with Crippen LogP contribution in [0.5, 0.6) is 0 Å². The Balaban J connectivity index is 1.36. The molecular formula is C30H26ClN5. The highest BCUT2D eigenvalue weighted by molar-refractivity contribution is 6.30. The van der Waals surface area contributed by atoms with Crippen molar-refractivity contribution < 1.29 is 0 Å². The highest BCUT2D eigenvalue weighted by atomic mass is 35.5. The largest absolute Gasteiger partial charge is 0.355 e. The van der Waals surface area contributed by atoms with Crippen LogP contribution in [0.1, 0.15) is 28.3 Å². The summed E-state index contributed by atoms with van der Waals surface area (Å²) in [5.41, 5.74) is 6.80. The van der Waals surface area contributed by atoms with Gasteiger partial charge in [-0.3, -0.25) is 9.30 Å². The lowest BCUT2D eigenvalue weighted by Crippen LogP contribution is -2.48. The lowest BCUT2D eigenvalue weighted by molar-refractivity contribution is 0.212. The molecule has 1 fully saturated rings. The number of hydrogen-bond donors (Lipinski definition) is 0. The Labute approximate surface area is 215 Å². The topological polar surface area (TPSA) is 47.6 Å². The first-order chi connectivity index (χ1) is 17.6. The van der Waals surface area contributed by atoms with Crippen molar-refractivity contribution in [3.63, 3.8) is 0 Å². The molecule has 6 rings (SSSR count). The Morgan fingerprint density at radius 3 is 2.25 bits per heavy atom. The highest BCUT2D eigenvalue weighted by Gasteiger charge is 2.28. The van der Waals surface area contributed by atoms with Crippen molar-refractivity contribution in [1.82, 2.24) is 14.3 Å². The molecule has 1 saturated heterocycles. The van der Waals surface area contributed by atoms with Gasteiger partial charge in [0.25, 0.3) is 0 Å². The van der Waals surface area contributed by atoms with E-state index in [1.807, 2.05) is 37.3 Å². The zero-order valence-corrected chi connectivity index (χ0v) is 20.9. The van der Waals surface area contributed by atoms with E-state index in [9.17, 15) is 5.26 Å². The third kappa shape index (κ3) is 3.89. The summed E-state index contributed by atoms with van der Waals surface area (Å²) in [6.07, 6.45) is 0. The number of anilines is 1. The van der Waals surface area contributed by atoms with Gasteiger partial charge in [0.05, 0.1) is 22.6 Å². The number of halogens is 1. The number of para-hydroxylation sites is 2. The molecule has 0 bridgehead atoms. The van der Waals surface area contributed by atoms with E-state index in [1.54, 1.807) is 0 Å². The highest BCUT2D eigenvalue weighted by Crippen LogP contribution is 2.33. The monoisotopic (exact) mass is 491 g/mol. The minimum absolute atomic E-state index is 0.169. The van der Waals surface area contributed by atoms with Gasteiger partial charge in [-0.25, -0.2) is 4.98 Å². The number of hydrogen-bond acceptors (Lipinski definition) is 4. The van der Waals surface area contributed by atoms with E-state index in [0.717, 1.165) is 59.3 Å². The fourth-order valence-corrected chi connectivity index (χ4v) is 5.53. The Bertz CT molecular complexity index is 1580. The number of nitriles is 1. The summed E-state index contributed by atoms with van der Waals surface area (Å²) >= 11 is 6.20. The Morgan fingerprint density at radius 1 is 0.861 bits per heavy atom. The van der Waals surface area contributed by atoms with Crippen molar-refractivity contribution >= 4 is 34.1 Å². The van der Waals surface area contributed by atoms with Crippen LogP contribution in [0, 0.1) is 18.3 Å². The second kappa shape index (κ2) is 9.31. The van der Waals surface area contributed by atoms with E-state index in [-0.39, 0.29) is 6.04 Å². The van der Waals surface area contributed by atoms with Gasteiger partial charge in [-0.1, -0.05) is 66.2 Å². The van der Waals surface area contributed by atoms with Crippen LogP contribution >= 0.6 is 11.6 Å². The minimum Gasteiger partial charge on any atom is -0.355 e. The molecule has 0 aliphatic carbocycles. The lowest BCUT2D eigenvalue weighted by Gasteiger charge is -2.41. The van der Waals surface area contributed by atoms with Gasteiger partial charge in [0.1, 0.15) is 11.9 Å². The van der Waals surface area contributed by atoms with Gasteiger partial charge in [0.15, 0.2) is 5.65 Å². The van der Waals surface area contributed by atoms with Crippen molar-refractivity contribution in [2.24, 2.45) is 0 Å². The number of fused-ring (bicyclic) bond motifs is 3. The normalized spacial score (nSPS) is 15.3. The molecule has 178 valence electrons. The van der Waals surface area contributed by atoms with Crippen LogP contribution in [0.2, 0.25) is 5.02 Å². The molecule has 0 N–H and O–H groups in total. The second-order valence-electron chi connectivity index (χ2n) is 9.32. The van der Waals surface area contributed by atoms with Crippen molar-refractivity contribution in [1.29, 1.82) is 5.26 Å². The zero-order chi connectivity index (χ0) is 24.6. The van der Waals surface area contributed by atoms with Crippen LogP contribution in [-0.2, 0) is 0 Å². The number of imidazole rings is 1. The van der Waals surface area contributed by atoms with E-state index < -0.39 is 0 Å². The second-order valence-corrected chi connectivity index (χ2v) is 9.76. The number of piperazine rings is 1. The van der Waals surface area contributed by atoms with Crippen molar-refractivity contribution in [3.8, 4) is 6.07 Å².